The Labute approximate surface area is 152 Å². The van der Waals surface area contributed by atoms with Gasteiger partial charge in [-0.2, -0.15) is 0 Å². The van der Waals surface area contributed by atoms with Gasteiger partial charge in [0.05, 0.1) is 0 Å². The Morgan fingerprint density at radius 1 is 0.760 bits per heavy atom. The number of benzene rings is 3. The van der Waals surface area contributed by atoms with E-state index in [9.17, 15) is 4.55 Å². The molecule has 25 heavy (non-hydrogen) atoms. The molecule has 126 valence electrons. The van der Waals surface area contributed by atoms with Crippen molar-refractivity contribution in [3.63, 3.8) is 0 Å². The third-order valence-corrected chi connectivity index (χ3v) is 5.98. The Kier molecular flexibility index (Phi) is 4.91. The fourth-order valence-electron chi connectivity index (χ4n) is 3.76. The van der Waals surface area contributed by atoms with E-state index in [1.807, 2.05) is 12.2 Å². The fourth-order valence-corrected chi connectivity index (χ4v) is 4.44. The first kappa shape index (κ1) is 16.4. The van der Waals surface area contributed by atoms with Crippen LogP contribution < -0.4 is 0 Å². The maximum Gasteiger partial charge on any atom is 0.129 e. The monoisotopic (exact) mass is 346 g/mol. The Balaban J connectivity index is 0.000000190. The predicted octanol–water partition coefficient (Wildman–Crippen LogP) is 5.69. The third-order valence-electron chi connectivity index (χ3n) is 5.00. The molecule has 0 N–H and O–H groups in total. The normalized spacial score (nSPS) is 18.7. The molecule has 0 bridgehead atoms. The van der Waals surface area contributed by atoms with Crippen LogP contribution in [0.4, 0.5) is 0 Å². The zero-order valence-electron chi connectivity index (χ0n) is 14.3. The molecule has 2 aliphatic rings. The quantitative estimate of drug-likeness (QED) is 0.379. The van der Waals surface area contributed by atoms with Crippen LogP contribution >= 0.6 is 0 Å². The van der Waals surface area contributed by atoms with Crippen molar-refractivity contribution in [3.8, 4) is 0 Å². The minimum absolute atomic E-state index is 0.691. The first-order chi connectivity index (χ1) is 12.3. The number of fused-ring (bicyclic) bond motifs is 5. The molecule has 0 saturated carbocycles. The van der Waals surface area contributed by atoms with Gasteiger partial charge in [-0.15, -0.1) is 0 Å². The molecular formula is C23H22OS. The Bertz CT molecular complexity index is 955. The Morgan fingerprint density at radius 2 is 1.60 bits per heavy atom. The topological polar surface area (TPSA) is 23.1 Å². The SMILES string of the molecule is [O-][S+]1C=CC=CC1.c1ccc2c(c1)ccc1c3c(ccc12)CCCC3. The molecule has 0 saturated heterocycles. The summed E-state index contributed by atoms with van der Waals surface area (Å²) in [5.41, 5.74) is 3.17. The molecule has 1 aliphatic heterocycles. The lowest BCUT2D eigenvalue weighted by atomic mass is 9.86. The zero-order chi connectivity index (χ0) is 17.1. The van der Waals surface area contributed by atoms with Gasteiger partial charge in [-0.1, -0.05) is 54.6 Å². The molecule has 1 heterocycles. The van der Waals surface area contributed by atoms with Crippen molar-refractivity contribution in [2.45, 2.75) is 25.7 Å². The zero-order valence-corrected chi connectivity index (χ0v) is 15.1. The third kappa shape index (κ3) is 3.51. The summed E-state index contributed by atoms with van der Waals surface area (Å²) in [4.78, 5) is 0. The van der Waals surface area contributed by atoms with E-state index in [0.717, 1.165) is 0 Å². The van der Waals surface area contributed by atoms with Crippen LogP contribution in [0.25, 0.3) is 21.5 Å². The van der Waals surface area contributed by atoms with E-state index in [-0.39, 0.29) is 0 Å². The maximum atomic E-state index is 10.4. The molecular weight excluding hydrogens is 324 g/mol. The molecule has 1 atom stereocenters. The van der Waals surface area contributed by atoms with Crippen LogP contribution in [0, 0.1) is 0 Å². The van der Waals surface area contributed by atoms with Gasteiger partial charge in [-0.25, -0.2) is 0 Å². The van der Waals surface area contributed by atoms with Crippen LogP contribution in [0.1, 0.15) is 24.0 Å². The molecule has 3 aromatic carbocycles. The van der Waals surface area contributed by atoms with E-state index in [0.29, 0.717) is 5.75 Å². The first-order valence-electron chi connectivity index (χ1n) is 8.96. The van der Waals surface area contributed by atoms with Crippen LogP contribution in [0.3, 0.4) is 0 Å². The highest BCUT2D eigenvalue weighted by Crippen LogP contribution is 2.33. The number of hydrogen-bond acceptors (Lipinski definition) is 1. The smallest absolute Gasteiger partial charge is 0.129 e. The van der Waals surface area contributed by atoms with Crippen LogP contribution in [0.2, 0.25) is 0 Å². The second-order valence-electron chi connectivity index (χ2n) is 6.60. The molecule has 0 spiro atoms. The molecule has 0 aromatic heterocycles. The molecule has 0 fully saturated rings. The average molecular weight is 346 g/mol. The van der Waals surface area contributed by atoms with Crippen molar-refractivity contribution < 1.29 is 4.55 Å². The highest BCUT2D eigenvalue weighted by atomic mass is 32.2. The lowest BCUT2D eigenvalue weighted by Gasteiger charge is -2.18. The first-order valence-corrected chi connectivity index (χ1v) is 10.3. The van der Waals surface area contributed by atoms with Crippen molar-refractivity contribution in [1.29, 1.82) is 0 Å². The van der Waals surface area contributed by atoms with Crippen LogP contribution in [0.5, 0.6) is 0 Å². The van der Waals surface area contributed by atoms with Gasteiger partial charge >= 0.3 is 0 Å². The molecule has 1 aliphatic carbocycles. The average Bonchev–Trinajstić information content (AvgIpc) is 2.68. The summed E-state index contributed by atoms with van der Waals surface area (Å²) in [7, 11) is 0. The van der Waals surface area contributed by atoms with Gasteiger partial charge in [0.15, 0.2) is 0 Å². The predicted molar refractivity (Wildman–Crippen MR) is 109 cm³/mol. The number of aryl methyl sites for hydroxylation is 2. The highest BCUT2D eigenvalue weighted by Gasteiger charge is 2.13. The van der Waals surface area contributed by atoms with E-state index in [1.165, 1.54) is 47.2 Å². The van der Waals surface area contributed by atoms with Gasteiger partial charge < -0.3 is 4.55 Å². The summed E-state index contributed by atoms with van der Waals surface area (Å²) in [6, 6.07) is 18.0. The lowest BCUT2D eigenvalue weighted by molar-refractivity contribution is 0.606. The lowest BCUT2D eigenvalue weighted by Crippen LogP contribution is -2.02. The van der Waals surface area contributed by atoms with Crippen LogP contribution in [0.15, 0.2) is 72.2 Å². The standard InChI is InChI=1S/C18H16.C5H6OS/c1-3-7-15-13(5-1)9-11-18-16-8-4-2-6-14(16)10-12-17(15)18;6-7-4-2-1-3-5-7/h1,3,5,7,9-12H,2,4,6,8H2;1-4H,5H2. The van der Waals surface area contributed by atoms with Gasteiger partial charge in [0, 0.05) is 0 Å². The molecule has 0 amide bonds. The fraction of sp³-hybridized carbons (Fsp3) is 0.217. The van der Waals surface area contributed by atoms with Crippen LogP contribution in [-0.2, 0) is 24.0 Å². The minimum atomic E-state index is -0.708. The Hall–Kier alpha value is -2.03. The molecule has 2 heteroatoms. The van der Waals surface area contributed by atoms with E-state index < -0.39 is 11.2 Å². The molecule has 0 radical (unpaired) electrons. The second-order valence-corrected chi connectivity index (χ2v) is 7.96. The van der Waals surface area contributed by atoms with Gasteiger partial charge in [0.2, 0.25) is 0 Å². The Morgan fingerprint density at radius 3 is 2.40 bits per heavy atom. The number of allylic oxidation sites excluding steroid dienone is 2. The number of hydrogen-bond donors (Lipinski definition) is 0. The van der Waals surface area contributed by atoms with Gasteiger partial charge in [0.1, 0.15) is 11.2 Å². The van der Waals surface area contributed by atoms with Gasteiger partial charge in [0.25, 0.3) is 0 Å². The molecule has 1 nitrogen and oxygen atoms in total. The second kappa shape index (κ2) is 7.47. The van der Waals surface area contributed by atoms with Crippen molar-refractivity contribution in [2.75, 3.05) is 5.75 Å². The summed E-state index contributed by atoms with van der Waals surface area (Å²) in [6.45, 7) is 0. The minimum Gasteiger partial charge on any atom is -0.612 e. The van der Waals surface area contributed by atoms with Crippen molar-refractivity contribution in [3.05, 3.63) is 83.3 Å². The highest BCUT2D eigenvalue weighted by molar-refractivity contribution is 7.94. The summed E-state index contributed by atoms with van der Waals surface area (Å²) in [5.74, 6) is 0.691. The summed E-state index contributed by atoms with van der Waals surface area (Å²) >= 11 is -0.708. The van der Waals surface area contributed by atoms with E-state index in [2.05, 4.69) is 48.5 Å². The largest absolute Gasteiger partial charge is 0.612 e. The number of rotatable bonds is 0. The van der Waals surface area contributed by atoms with Crippen molar-refractivity contribution in [1.82, 2.24) is 0 Å². The molecule has 5 rings (SSSR count). The molecule has 1 unspecified atom stereocenters. The van der Waals surface area contributed by atoms with E-state index >= 15 is 0 Å². The summed E-state index contributed by atoms with van der Waals surface area (Å²) in [5, 5.41) is 7.34. The summed E-state index contributed by atoms with van der Waals surface area (Å²) < 4.78 is 10.4. The van der Waals surface area contributed by atoms with E-state index in [1.54, 1.807) is 22.6 Å². The van der Waals surface area contributed by atoms with Gasteiger partial charge in [-0.3, -0.25) is 0 Å². The van der Waals surface area contributed by atoms with Crippen LogP contribution in [-0.4, -0.2) is 10.3 Å². The van der Waals surface area contributed by atoms with Crippen molar-refractivity contribution >= 4 is 32.7 Å². The van der Waals surface area contributed by atoms with Gasteiger partial charge in [-0.05, 0) is 81.7 Å². The van der Waals surface area contributed by atoms with Crippen molar-refractivity contribution in [2.24, 2.45) is 0 Å². The van der Waals surface area contributed by atoms with E-state index in [4.69, 9.17) is 0 Å². The maximum absolute atomic E-state index is 10.4. The summed E-state index contributed by atoms with van der Waals surface area (Å²) in [6.07, 6.45) is 10.8. The molecule has 3 aromatic rings.